The molecule has 1 amide bonds. The van der Waals surface area contributed by atoms with Crippen molar-refractivity contribution in [2.24, 2.45) is 5.92 Å². The summed E-state index contributed by atoms with van der Waals surface area (Å²) in [7, 11) is 0. The fourth-order valence-electron chi connectivity index (χ4n) is 3.23. The van der Waals surface area contributed by atoms with Crippen LogP contribution in [-0.2, 0) is 10.3 Å². The van der Waals surface area contributed by atoms with Crippen LogP contribution in [0.2, 0.25) is 0 Å². The van der Waals surface area contributed by atoms with Crippen LogP contribution < -0.4 is 0 Å². The zero-order valence-corrected chi connectivity index (χ0v) is 14.5. The molecule has 23 heavy (non-hydrogen) atoms. The van der Waals surface area contributed by atoms with Gasteiger partial charge in [0.15, 0.2) is 5.69 Å². The minimum absolute atomic E-state index is 0.0453. The SMILES string of the molecule is Cc1cc(C(=O)N2CCC[C@H](CCC(=O)O)C2)nn1C(C)(C)C. The summed E-state index contributed by atoms with van der Waals surface area (Å²) < 4.78 is 1.88. The molecule has 0 bridgehead atoms. The molecular formula is C17H27N3O3. The Morgan fingerprint density at radius 1 is 1.39 bits per heavy atom. The van der Waals surface area contributed by atoms with Gasteiger partial charge in [-0.15, -0.1) is 0 Å². The van der Waals surface area contributed by atoms with Crippen molar-refractivity contribution >= 4 is 11.9 Å². The third-order valence-electron chi connectivity index (χ3n) is 4.31. The summed E-state index contributed by atoms with van der Waals surface area (Å²) in [6.07, 6.45) is 2.72. The fourth-order valence-corrected chi connectivity index (χ4v) is 3.23. The normalized spacial score (nSPS) is 19.0. The summed E-state index contributed by atoms with van der Waals surface area (Å²) in [5.74, 6) is -0.543. The number of amides is 1. The zero-order chi connectivity index (χ0) is 17.2. The number of carbonyl (C=O) groups is 2. The maximum atomic E-state index is 12.7. The van der Waals surface area contributed by atoms with E-state index in [2.05, 4.69) is 25.9 Å². The predicted molar refractivity (Wildman–Crippen MR) is 87.5 cm³/mol. The van der Waals surface area contributed by atoms with Crippen molar-refractivity contribution in [3.63, 3.8) is 0 Å². The van der Waals surface area contributed by atoms with Crippen LogP contribution in [0, 0.1) is 12.8 Å². The Morgan fingerprint density at radius 2 is 2.09 bits per heavy atom. The largest absolute Gasteiger partial charge is 0.481 e. The van der Waals surface area contributed by atoms with Gasteiger partial charge in [0.25, 0.3) is 5.91 Å². The van der Waals surface area contributed by atoms with E-state index in [1.54, 1.807) is 0 Å². The lowest BCUT2D eigenvalue weighted by atomic mass is 9.93. The summed E-state index contributed by atoms with van der Waals surface area (Å²) in [6.45, 7) is 9.50. The second kappa shape index (κ2) is 6.72. The Hall–Kier alpha value is -1.85. The third-order valence-corrected chi connectivity index (χ3v) is 4.31. The van der Waals surface area contributed by atoms with Crippen LogP contribution in [0.4, 0.5) is 0 Å². The summed E-state index contributed by atoms with van der Waals surface area (Å²) in [4.78, 5) is 25.3. The molecule has 1 aromatic heterocycles. The monoisotopic (exact) mass is 321 g/mol. The Morgan fingerprint density at radius 3 is 2.65 bits per heavy atom. The Kier molecular flexibility index (Phi) is 5.12. The highest BCUT2D eigenvalue weighted by Crippen LogP contribution is 2.23. The van der Waals surface area contributed by atoms with Gasteiger partial charge in [0, 0.05) is 25.2 Å². The van der Waals surface area contributed by atoms with Gasteiger partial charge in [0.2, 0.25) is 0 Å². The lowest BCUT2D eigenvalue weighted by molar-refractivity contribution is -0.137. The van der Waals surface area contributed by atoms with Crippen molar-refractivity contribution in [2.45, 2.75) is 58.9 Å². The number of likely N-dealkylation sites (tertiary alicyclic amines) is 1. The van der Waals surface area contributed by atoms with Crippen molar-refractivity contribution in [3.8, 4) is 0 Å². The summed E-state index contributed by atoms with van der Waals surface area (Å²) in [6, 6.07) is 1.84. The maximum Gasteiger partial charge on any atom is 0.303 e. The van der Waals surface area contributed by atoms with E-state index < -0.39 is 5.97 Å². The molecule has 6 nitrogen and oxygen atoms in total. The van der Waals surface area contributed by atoms with Crippen LogP contribution in [0.1, 0.15) is 62.6 Å². The Labute approximate surface area is 137 Å². The van der Waals surface area contributed by atoms with Gasteiger partial charge in [-0.3, -0.25) is 14.3 Å². The lowest BCUT2D eigenvalue weighted by Gasteiger charge is -2.32. The second-order valence-corrected chi connectivity index (χ2v) is 7.45. The molecule has 0 saturated carbocycles. The van der Waals surface area contributed by atoms with E-state index in [0.29, 0.717) is 18.7 Å². The van der Waals surface area contributed by atoms with Gasteiger partial charge in [-0.25, -0.2) is 0 Å². The molecule has 1 N–H and O–H groups in total. The number of aliphatic carboxylic acids is 1. The molecule has 0 unspecified atom stereocenters. The lowest BCUT2D eigenvalue weighted by Crippen LogP contribution is -2.40. The highest BCUT2D eigenvalue weighted by atomic mass is 16.4. The number of rotatable bonds is 4. The summed E-state index contributed by atoms with van der Waals surface area (Å²) >= 11 is 0. The van der Waals surface area contributed by atoms with Crippen LogP contribution in [0.25, 0.3) is 0 Å². The molecular weight excluding hydrogens is 294 g/mol. The van der Waals surface area contributed by atoms with E-state index in [4.69, 9.17) is 5.11 Å². The first kappa shape index (κ1) is 17.5. The quantitative estimate of drug-likeness (QED) is 0.925. The van der Waals surface area contributed by atoms with Gasteiger partial charge in [0.1, 0.15) is 0 Å². The van der Waals surface area contributed by atoms with Crippen molar-refractivity contribution < 1.29 is 14.7 Å². The van der Waals surface area contributed by atoms with Crippen LogP contribution in [0.5, 0.6) is 0 Å². The van der Waals surface area contributed by atoms with E-state index in [0.717, 1.165) is 25.1 Å². The molecule has 0 aromatic carbocycles. The first-order valence-corrected chi connectivity index (χ1v) is 8.26. The molecule has 1 fully saturated rings. The minimum Gasteiger partial charge on any atom is -0.481 e. The molecule has 1 aromatic rings. The van der Waals surface area contributed by atoms with E-state index in [1.165, 1.54) is 0 Å². The second-order valence-electron chi connectivity index (χ2n) is 7.45. The number of carboxylic acids is 1. The molecule has 0 radical (unpaired) electrons. The molecule has 0 aliphatic carbocycles. The predicted octanol–water partition coefficient (Wildman–Crippen LogP) is 2.66. The highest BCUT2D eigenvalue weighted by molar-refractivity contribution is 5.92. The standard InChI is InChI=1S/C17H27N3O3/c1-12-10-14(18-20(12)17(2,3)4)16(23)19-9-5-6-13(11-19)7-8-15(21)22/h10,13H,5-9,11H2,1-4H3,(H,21,22)/t13-/m1/s1. The average molecular weight is 321 g/mol. The van der Waals surface area contributed by atoms with Gasteiger partial charge in [-0.2, -0.15) is 5.10 Å². The number of carbonyl (C=O) groups excluding carboxylic acids is 1. The number of aryl methyl sites for hydroxylation is 1. The Bertz CT molecular complexity index is 586. The smallest absolute Gasteiger partial charge is 0.303 e. The number of hydrogen-bond donors (Lipinski definition) is 1. The number of nitrogens with zero attached hydrogens (tertiary/aromatic N) is 3. The van der Waals surface area contributed by atoms with Crippen LogP contribution >= 0.6 is 0 Å². The van der Waals surface area contributed by atoms with Crippen LogP contribution in [0.3, 0.4) is 0 Å². The van der Waals surface area contributed by atoms with E-state index in [9.17, 15) is 9.59 Å². The molecule has 128 valence electrons. The highest BCUT2D eigenvalue weighted by Gasteiger charge is 2.27. The van der Waals surface area contributed by atoms with E-state index in [1.807, 2.05) is 22.6 Å². The molecule has 2 heterocycles. The van der Waals surface area contributed by atoms with Crippen molar-refractivity contribution in [2.75, 3.05) is 13.1 Å². The topological polar surface area (TPSA) is 75.4 Å². The average Bonchev–Trinajstić information content (AvgIpc) is 2.86. The molecule has 1 aliphatic rings. The molecule has 1 saturated heterocycles. The fraction of sp³-hybridized carbons (Fsp3) is 0.706. The van der Waals surface area contributed by atoms with Gasteiger partial charge < -0.3 is 10.0 Å². The van der Waals surface area contributed by atoms with Gasteiger partial charge in [-0.05, 0) is 58.9 Å². The molecule has 1 atom stereocenters. The number of hydrogen-bond acceptors (Lipinski definition) is 3. The Balaban J connectivity index is 2.06. The molecule has 0 spiro atoms. The number of piperidine rings is 1. The minimum atomic E-state index is -0.770. The van der Waals surface area contributed by atoms with Gasteiger partial charge >= 0.3 is 5.97 Å². The van der Waals surface area contributed by atoms with Gasteiger partial charge in [-0.1, -0.05) is 0 Å². The van der Waals surface area contributed by atoms with Crippen LogP contribution in [0.15, 0.2) is 6.07 Å². The van der Waals surface area contributed by atoms with Crippen molar-refractivity contribution in [1.29, 1.82) is 0 Å². The van der Waals surface area contributed by atoms with E-state index >= 15 is 0 Å². The molecule has 6 heteroatoms. The van der Waals surface area contributed by atoms with Crippen molar-refractivity contribution in [1.82, 2.24) is 14.7 Å². The van der Waals surface area contributed by atoms with Gasteiger partial charge in [0.05, 0.1) is 5.54 Å². The molecule has 1 aliphatic heterocycles. The molecule has 2 rings (SSSR count). The summed E-state index contributed by atoms with van der Waals surface area (Å²) in [5, 5.41) is 13.3. The maximum absolute atomic E-state index is 12.7. The van der Waals surface area contributed by atoms with Crippen molar-refractivity contribution in [3.05, 3.63) is 17.5 Å². The first-order chi connectivity index (χ1) is 10.7. The zero-order valence-electron chi connectivity index (χ0n) is 14.5. The third kappa shape index (κ3) is 4.33. The number of carboxylic acid groups (broad SMARTS) is 1. The summed E-state index contributed by atoms with van der Waals surface area (Å²) in [5.41, 5.74) is 1.30. The first-order valence-electron chi connectivity index (χ1n) is 8.26. The number of aromatic nitrogens is 2. The van der Waals surface area contributed by atoms with Crippen LogP contribution in [-0.4, -0.2) is 44.8 Å². The van der Waals surface area contributed by atoms with E-state index in [-0.39, 0.29) is 23.8 Å².